The summed E-state index contributed by atoms with van der Waals surface area (Å²) in [7, 11) is 0. The summed E-state index contributed by atoms with van der Waals surface area (Å²) in [4.78, 5) is 14.6. The molecule has 1 aromatic carbocycles. The van der Waals surface area contributed by atoms with Crippen molar-refractivity contribution in [2.75, 3.05) is 32.8 Å². The van der Waals surface area contributed by atoms with E-state index in [0.29, 0.717) is 5.92 Å². The van der Waals surface area contributed by atoms with Crippen LogP contribution in [0.1, 0.15) is 48.0 Å². The van der Waals surface area contributed by atoms with Crippen LogP contribution in [0.2, 0.25) is 0 Å². The van der Waals surface area contributed by atoms with Crippen LogP contribution in [0.5, 0.6) is 0 Å². The van der Waals surface area contributed by atoms with Crippen molar-refractivity contribution in [1.29, 1.82) is 0 Å². The quantitative estimate of drug-likeness (QED) is 0.787. The Bertz CT molecular complexity index is 489. The normalized spacial score (nSPS) is 21.7. The summed E-state index contributed by atoms with van der Waals surface area (Å²) in [5, 5.41) is 3.03. The van der Waals surface area contributed by atoms with Gasteiger partial charge in [-0.2, -0.15) is 0 Å². The molecule has 0 unspecified atom stereocenters. The largest absolute Gasteiger partial charge is 0.381 e. The molecule has 0 aromatic heterocycles. The van der Waals surface area contributed by atoms with E-state index in [4.69, 9.17) is 4.74 Å². The molecule has 0 aliphatic carbocycles. The van der Waals surface area contributed by atoms with Crippen LogP contribution < -0.4 is 5.32 Å². The van der Waals surface area contributed by atoms with Gasteiger partial charge >= 0.3 is 0 Å². The zero-order chi connectivity index (χ0) is 15.9. The van der Waals surface area contributed by atoms with E-state index in [1.807, 2.05) is 12.1 Å². The number of likely N-dealkylation sites (tertiary alicyclic amines) is 1. The standard InChI is InChI=1S/C19H28N2O2/c22-19(20-10-3-4-17-9-13-23-15-17)18-7-5-16(6-8-18)14-21-11-1-2-12-21/h5-8,17H,1-4,9-15H2,(H,20,22)/t17-/m0/s1. The molecule has 2 saturated heterocycles. The zero-order valence-electron chi connectivity index (χ0n) is 13.9. The molecule has 0 spiro atoms. The highest BCUT2D eigenvalue weighted by Gasteiger charge is 2.15. The maximum Gasteiger partial charge on any atom is 0.251 e. The third-order valence-corrected chi connectivity index (χ3v) is 4.92. The minimum absolute atomic E-state index is 0.0420. The lowest BCUT2D eigenvalue weighted by Crippen LogP contribution is -2.25. The molecule has 1 amide bonds. The van der Waals surface area contributed by atoms with Crippen LogP contribution in [0, 0.1) is 5.92 Å². The van der Waals surface area contributed by atoms with Crippen LogP contribution in [0.3, 0.4) is 0 Å². The molecule has 0 radical (unpaired) electrons. The number of hydrogen-bond acceptors (Lipinski definition) is 3. The number of nitrogens with zero attached hydrogens (tertiary/aromatic N) is 1. The average molecular weight is 316 g/mol. The van der Waals surface area contributed by atoms with Crippen LogP contribution in [0.15, 0.2) is 24.3 Å². The molecule has 2 aliphatic rings. The van der Waals surface area contributed by atoms with Gasteiger partial charge in [0, 0.05) is 31.9 Å². The van der Waals surface area contributed by atoms with Gasteiger partial charge in [0.25, 0.3) is 5.91 Å². The van der Waals surface area contributed by atoms with Crippen LogP contribution in [-0.4, -0.2) is 43.7 Å². The minimum Gasteiger partial charge on any atom is -0.381 e. The van der Waals surface area contributed by atoms with Crippen molar-refractivity contribution in [2.45, 2.75) is 38.6 Å². The Kier molecular flexibility index (Phi) is 6.06. The number of rotatable bonds is 7. The molecule has 23 heavy (non-hydrogen) atoms. The molecule has 4 nitrogen and oxygen atoms in total. The number of benzene rings is 1. The van der Waals surface area contributed by atoms with Gasteiger partial charge in [-0.05, 0) is 68.8 Å². The van der Waals surface area contributed by atoms with Gasteiger partial charge < -0.3 is 10.1 Å². The first-order chi connectivity index (χ1) is 11.3. The second kappa shape index (κ2) is 8.46. The third-order valence-electron chi connectivity index (χ3n) is 4.92. The maximum absolute atomic E-state index is 12.2. The van der Waals surface area contributed by atoms with Gasteiger partial charge in [-0.15, -0.1) is 0 Å². The Labute approximate surface area is 139 Å². The van der Waals surface area contributed by atoms with Gasteiger partial charge in [0.15, 0.2) is 0 Å². The number of carbonyl (C=O) groups excluding carboxylic acids is 1. The van der Waals surface area contributed by atoms with Gasteiger partial charge in [0.2, 0.25) is 0 Å². The fourth-order valence-electron chi connectivity index (χ4n) is 3.47. The SMILES string of the molecule is O=C(NCCC[C@H]1CCOC1)c1ccc(CN2CCCC2)cc1. The first-order valence-electron chi connectivity index (χ1n) is 8.98. The first-order valence-corrected chi connectivity index (χ1v) is 8.98. The van der Waals surface area contributed by atoms with E-state index in [0.717, 1.165) is 44.7 Å². The van der Waals surface area contributed by atoms with Crippen molar-refractivity contribution in [3.05, 3.63) is 35.4 Å². The summed E-state index contributed by atoms with van der Waals surface area (Å²) in [6, 6.07) is 8.07. The van der Waals surface area contributed by atoms with Crippen LogP contribution >= 0.6 is 0 Å². The van der Waals surface area contributed by atoms with Crippen molar-refractivity contribution in [3.63, 3.8) is 0 Å². The summed E-state index contributed by atoms with van der Waals surface area (Å²) in [5.41, 5.74) is 2.06. The maximum atomic E-state index is 12.2. The molecule has 1 atom stereocenters. The van der Waals surface area contributed by atoms with E-state index in [2.05, 4.69) is 22.3 Å². The Hall–Kier alpha value is -1.39. The second-order valence-corrected chi connectivity index (χ2v) is 6.81. The van der Waals surface area contributed by atoms with Crippen LogP contribution in [0.25, 0.3) is 0 Å². The summed E-state index contributed by atoms with van der Waals surface area (Å²) in [5.74, 6) is 0.733. The van der Waals surface area contributed by atoms with Gasteiger partial charge in [0.1, 0.15) is 0 Å². The molecule has 1 aromatic rings. The fraction of sp³-hybridized carbons (Fsp3) is 0.632. The Morgan fingerprint density at radius 2 is 2.00 bits per heavy atom. The highest BCUT2D eigenvalue weighted by Crippen LogP contribution is 2.17. The van der Waals surface area contributed by atoms with Crippen molar-refractivity contribution in [1.82, 2.24) is 10.2 Å². The van der Waals surface area contributed by atoms with E-state index in [1.165, 1.54) is 37.9 Å². The second-order valence-electron chi connectivity index (χ2n) is 6.81. The van der Waals surface area contributed by atoms with Gasteiger partial charge in [-0.1, -0.05) is 12.1 Å². The van der Waals surface area contributed by atoms with Crippen molar-refractivity contribution in [2.24, 2.45) is 5.92 Å². The molecule has 126 valence electrons. The number of ether oxygens (including phenoxy) is 1. The Balaban J connectivity index is 1.38. The van der Waals surface area contributed by atoms with Crippen molar-refractivity contribution >= 4 is 5.91 Å². The summed E-state index contributed by atoms with van der Waals surface area (Å²) < 4.78 is 5.37. The predicted octanol–water partition coefficient (Wildman–Crippen LogP) is 2.83. The van der Waals surface area contributed by atoms with E-state index in [1.54, 1.807) is 0 Å². The molecule has 4 heteroatoms. The molecule has 3 rings (SSSR count). The fourth-order valence-corrected chi connectivity index (χ4v) is 3.47. The van der Waals surface area contributed by atoms with E-state index in [9.17, 15) is 4.79 Å². The van der Waals surface area contributed by atoms with E-state index < -0.39 is 0 Å². The number of nitrogens with one attached hydrogen (secondary N) is 1. The molecule has 2 aliphatic heterocycles. The van der Waals surface area contributed by atoms with Gasteiger partial charge in [-0.3, -0.25) is 9.69 Å². The highest BCUT2D eigenvalue weighted by atomic mass is 16.5. The zero-order valence-corrected chi connectivity index (χ0v) is 13.9. The van der Waals surface area contributed by atoms with Gasteiger partial charge in [-0.25, -0.2) is 0 Å². The molecule has 2 fully saturated rings. The lowest BCUT2D eigenvalue weighted by molar-refractivity contribution is 0.0952. The van der Waals surface area contributed by atoms with Crippen LogP contribution in [0.4, 0.5) is 0 Å². The Morgan fingerprint density at radius 3 is 2.70 bits per heavy atom. The van der Waals surface area contributed by atoms with Gasteiger partial charge in [0.05, 0.1) is 0 Å². The first kappa shape index (κ1) is 16.5. The van der Waals surface area contributed by atoms with Crippen molar-refractivity contribution < 1.29 is 9.53 Å². The number of amides is 1. The van der Waals surface area contributed by atoms with Crippen molar-refractivity contribution in [3.8, 4) is 0 Å². The molecular weight excluding hydrogens is 288 g/mol. The Morgan fingerprint density at radius 1 is 1.22 bits per heavy atom. The molecular formula is C19H28N2O2. The summed E-state index contributed by atoms with van der Waals surface area (Å²) >= 11 is 0. The molecule has 0 saturated carbocycles. The summed E-state index contributed by atoms with van der Waals surface area (Å²) in [6.07, 6.45) is 5.98. The number of hydrogen-bond donors (Lipinski definition) is 1. The number of carbonyl (C=O) groups is 1. The molecule has 2 heterocycles. The monoisotopic (exact) mass is 316 g/mol. The smallest absolute Gasteiger partial charge is 0.251 e. The minimum atomic E-state index is 0.0420. The lowest BCUT2D eigenvalue weighted by atomic mass is 10.0. The third kappa shape index (κ3) is 5.05. The van der Waals surface area contributed by atoms with E-state index in [-0.39, 0.29) is 5.91 Å². The van der Waals surface area contributed by atoms with Crippen LogP contribution in [-0.2, 0) is 11.3 Å². The van der Waals surface area contributed by atoms with E-state index >= 15 is 0 Å². The predicted molar refractivity (Wildman–Crippen MR) is 91.4 cm³/mol. The molecule has 1 N–H and O–H groups in total. The average Bonchev–Trinajstić information content (AvgIpc) is 3.26. The topological polar surface area (TPSA) is 41.6 Å². The summed E-state index contributed by atoms with van der Waals surface area (Å²) in [6.45, 7) is 5.96. The molecule has 0 bridgehead atoms. The highest BCUT2D eigenvalue weighted by molar-refractivity contribution is 5.94. The lowest BCUT2D eigenvalue weighted by Gasteiger charge is -2.14.